The molecule has 1 N–H and O–H groups in total. The lowest BCUT2D eigenvalue weighted by molar-refractivity contribution is -0.256. The highest BCUT2D eigenvalue weighted by Crippen LogP contribution is 2.77. The molecule has 0 aliphatic heterocycles. The molecule has 0 spiro atoms. The van der Waals surface area contributed by atoms with Gasteiger partial charge < -0.3 is 9.84 Å². The van der Waals surface area contributed by atoms with Crippen LogP contribution in [-0.4, -0.2) is 23.1 Å². The lowest BCUT2D eigenvalue weighted by atomic mass is 9.31. The number of hydrogen-bond acceptors (Lipinski definition) is 3. The van der Waals surface area contributed by atoms with E-state index in [0.29, 0.717) is 23.7 Å². The average Bonchev–Trinajstić information content (AvgIpc) is 2.75. The van der Waals surface area contributed by atoms with Crippen molar-refractivity contribution in [3.8, 4) is 0 Å². The molecule has 0 aromatic heterocycles. The molecule has 0 bridgehead atoms. The largest absolute Gasteiger partial charge is 0.481 e. The van der Waals surface area contributed by atoms with Gasteiger partial charge in [-0.2, -0.15) is 0 Å². The van der Waals surface area contributed by atoms with Crippen LogP contribution in [0.2, 0.25) is 0 Å². The van der Waals surface area contributed by atoms with Gasteiger partial charge in [-0.15, -0.1) is 0 Å². The van der Waals surface area contributed by atoms with Crippen LogP contribution >= 0.6 is 0 Å². The highest BCUT2D eigenvalue weighted by molar-refractivity contribution is 5.75. The van der Waals surface area contributed by atoms with Gasteiger partial charge in [0.1, 0.15) is 6.10 Å². The summed E-state index contributed by atoms with van der Waals surface area (Å²) in [5.41, 5.74) is 0.385. The van der Waals surface area contributed by atoms with E-state index in [4.69, 9.17) is 4.74 Å². The number of esters is 1. The first kappa shape index (κ1) is 26.5. The minimum Gasteiger partial charge on any atom is -0.481 e. The van der Waals surface area contributed by atoms with Gasteiger partial charge in [-0.25, -0.2) is 0 Å². The summed E-state index contributed by atoms with van der Waals surface area (Å²) in [5, 5.41) is 10.6. The second-order valence-electron chi connectivity index (χ2n) is 16.1. The molecule has 0 radical (unpaired) electrons. The van der Waals surface area contributed by atoms with Crippen LogP contribution in [0.15, 0.2) is 0 Å². The Balaban J connectivity index is 1.50. The first-order chi connectivity index (χ1) is 16.5. The Morgan fingerprint density at radius 1 is 0.722 bits per heavy atom. The third kappa shape index (κ3) is 3.36. The van der Waals surface area contributed by atoms with Crippen molar-refractivity contribution in [2.75, 3.05) is 0 Å². The van der Waals surface area contributed by atoms with Crippen molar-refractivity contribution >= 4 is 11.9 Å². The Bertz CT molecular complexity index is 936. The number of carboxylic acid groups (broad SMARTS) is 1. The average molecular weight is 501 g/mol. The van der Waals surface area contributed by atoms with Crippen LogP contribution in [0.5, 0.6) is 0 Å². The molecule has 0 amide bonds. The van der Waals surface area contributed by atoms with E-state index in [1.807, 2.05) is 0 Å². The Morgan fingerprint density at radius 2 is 1.39 bits per heavy atom. The lowest BCUT2D eigenvalue weighted by Crippen LogP contribution is -2.67. The molecule has 0 aromatic carbocycles. The molecule has 0 aromatic rings. The van der Waals surface area contributed by atoms with Crippen LogP contribution in [0.4, 0.5) is 0 Å². The van der Waals surface area contributed by atoms with Crippen LogP contribution in [0, 0.1) is 56.2 Å². The van der Waals surface area contributed by atoms with Crippen LogP contribution in [-0.2, 0) is 14.3 Å². The summed E-state index contributed by atoms with van der Waals surface area (Å²) in [6.45, 7) is 18.8. The fourth-order valence-corrected chi connectivity index (χ4v) is 11.8. The zero-order valence-electron chi connectivity index (χ0n) is 24.3. The molecule has 5 rings (SSSR count). The molecule has 9 atom stereocenters. The highest BCUT2D eigenvalue weighted by atomic mass is 16.5. The van der Waals surface area contributed by atoms with E-state index < -0.39 is 11.4 Å². The van der Waals surface area contributed by atoms with Crippen molar-refractivity contribution in [1.29, 1.82) is 0 Å². The molecule has 0 heterocycles. The summed E-state index contributed by atoms with van der Waals surface area (Å²) in [6.07, 6.45) is 11.8. The van der Waals surface area contributed by atoms with Crippen LogP contribution < -0.4 is 0 Å². The lowest BCUT2D eigenvalue weighted by Gasteiger charge is -2.73. The van der Waals surface area contributed by atoms with E-state index in [-0.39, 0.29) is 39.1 Å². The number of carbonyl (C=O) groups excluding carboxylic acids is 1. The maximum Gasteiger partial charge on any atom is 0.309 e. The number of carboxylic acids is 1. The van der Waals surface area contributed by atoms with Crippen LogP contribution in [0.3, 0.4) is 0 Å². The SMILES string of the molecule is CC(=O)OC1CC[C@@]2(C)C(CC[C@]3(C)C2CCC2C4CC(C)(C)CCC4(C(=O)O)CC[C@]23C)C1(C)C. The molecule has 5 fully saturated rings. The maximum absolute atomic E-state index is 12.8. The summed E-state index contributed by atoms with van der Waals surface area (Å²) >= 11 is 0. The number of hydrogen-bond donors (Lipinski definition) is 1. The molecule has 4 heteroatoms. The minimum absolute atomic E-state index is 0.0136. The van der Waals surface area contributed by atoms with Gasteiger partial charge in [-0.3, -0.25) is 9.59 Å². The van der Waals surface area contributed by atoms with Gasteiger partial charge in [0, 0.05) is 12.3 Å². The minimum atomic E-state index is -0.515. The molecule has 5 saturated carbocycles. The van der Waals surface area contributed by atoms with Gasteiger partial charge in [0.25, 0.3) is 0 Å². The molecule has 0 saturated heterocycles. The zero-order valence-corrected chi connectivity index (χ0v) is 24.3. The van der Waals surface area contributed by atoms with Gasteiger partial charge in [0.15, 0.2) is 0 Å². The molecule has 5 aliphatic carbocycles. The van der Waals surface area contributed by atoms with E-state index >= 15 is 0 Å². The normalized spacial score (nSPS) is 51.1. The summed E-state index contributed by atoms with van der Waals surface area (Å²) in [5.74, 6) is 1.35. The molecule has 5 aliphatic rings. The van der Waals surface area contributed by atoms with Crippen molar-refractivity contribution in [3.05, 3.63) is 0 Å². The van der Waals surface area contributed by atoms with Gasteiger partial charge in [0.05, 0.1) is 5.41 Å². The first-order valence-electron chi connectivity index (χ1n) is 14.9. The summed E-state index contributed by atoms with van der Waals surface area (Å²) in [7, 11) is 0. The number of ether oxygens (including phenoxy) is 1. The Hall–Kier alpha value is -1.06. The fourth-order valence-electron chi connectivity index (χ4n) is 11.8. The number of fused-ring (bicyclic) bond motifs is 7. The summed E-state index contributed by atoms with van der Waals surface area (Å²) in [6, 6.07) is 0. The molecule has 4 nitrogen and oxygen atoms in total. The summed E-state index contributed by atoms with van der Waals surface area (Å²) in [4.78, 5) is 24.7. The van der Waals surface area contributed by atoms with E-state index in [0.717, 1.165) is 44.9 Å². The third-order valence-electron chi connectivity index (χ3n) is 13.9. The van der Waals surface area contributed by atoms with Crippen molar-refractivity contribution in [2.45, 2.75) is 132 Å². The smallest absolute Gasteiger partial charge is 0.309 e. The Morgan fingerprint density at radius 3 is 2.03 bits per heavy atom. The van der Waals surface area contributed by atoms with Gasteiger partial charge in [-0.1, -0.05) is 48.5 Å². The number of carbonyl (C=O) groups is 2. The Labute approximate surface area is 219 Å². The second-order valence-corrected chi connectivity index (χ2v) is 16.1. The number of rotatable bonds is 2. The van der Waals surface area contributed by atoms with Gasteiger partial charge >= 0.3 is 11.9 Å². The molecule has 6 unspecified atom stereocenters. The molecular formula is C32H52O4. The van der Waals surface area contributed by atoms with E-state index in [1.54, 1.807) is 6.92 Å². The van der Waals surface area contributed by atoms with E-state index in [1.165, 1.54) is 25.7 Å². The molecule has 204 valence electrons. The van der Waals surface area contributed by atoms with Gasteiger partial charge in [-0.05, 0) is 116 Å². The van der Waals surface area contributed by atoms with Crippen LogP contribution in [0.1, 0.15) is 126 Å². The fraction of sp³-hybridized carbons (Fsp3) is 0.938. The van der Waals surface area contributed by atoms with Crippen LogP contribution in [0.25, 0.3) is 0 Å². The summed E-state index contributed by atoms with van der Waals surface area (Å²) < 4.78 is 5.88. The topological polar surface area (TPSA) is 63.6 Å². The van der Waals surface area contributed by atoms with Crippen molar-refractivity contribution in [3.63, 3.8) is 0 Å². The monoisotopic (exact) mass is 500 g/mol. The van der Waals surface area contributed by atoms with E-state index in [9.17, 15) is 14.7 Å². The predicted molar refractivity (Wildman–Crippen MR) is 142 cm³/mol. The third-order valence-corrected chi connectivity index (χ3v) is 13.9. The molecule has 36 heavy (non-hydrogen) atoms. The highest BCUT2D eigenvalue weighted by Gasteiger charge is 2.71. The first-order valence-corrected chi connectivity index (χ1v) is 14.9. The van der Waals surface area contributed by atoms with E-state index in [2.05, 4.69) is 48.5 Å². The quantitative estimate of drug-likeness (QED) is 0.392. The van der Waals surface area contributed by atoms with Gasteiger partial charge in [0.2, 0.25) is 0 Å². The predicted octanol–water partition coefficient (Wildman–Crippen LogP) is 7.88. The standard InChI is InChI=1S/C32H52O4/c1-20(33)36-25-12-13-29(6)23(28(25,4)5)11-14-31(8)24(29)10-9-21-22-19-27(2,3)15-17-32(22,26(34)35)18-16-30(21,31)7/h21-25H,9-19H2,1-8H3,(H,34,35)/t21?,22?,23?,24?,25?,29-,30+,31+,32?/m0/s1. The number of aliphatic carboxylic acids is 1. The Kier molecular flexibility index (Phi) is 5.88. The molecular weight excluding hydrogens is 448 g/mol. The maximum atomic E-state index is 12.8. The van der Waals surface area contributed by atoms with Crippen molar-refractivity contribution in [2.24, 2.45) is 56.2 Å². The van der Waals surface area contributed by atoms with Crippen molar-refractivity contribution < 1.29 is 19.4 Å². The van der Waals surface area contributed by atoms with Crippen molar-refractivity contribution in [1.82, 2.24) is 0 Å². The second kappa shape index (κ2) is 7.98. The zero-order chi connectivity index (χ0) is 26.5.